The van der Waals surface area contributed by atoms with E-state index in [2.05, 4.69) is 22.4 Å². The SMILES string of the molecule is CC(=O)c1c(C)nn(CC(=O)NC2CCCN(C)C2)c1C. The van der Waals surface area contributed by atoms with Crippen LogP contribution in [0.4, 0.5) is 0 Å². The quantitative estimate of drug-likeness (QED) is 0.838. The number of likely N-dealkylation sites (N-methyl/N-ethyl adjacent to an activating group) is 1. The fourth-order valence-corrected chi connectivity index (χ4v) is 3.05. The summed E-state index contributed by atoms with van der Waals surface area (Å²) in [6.07, 6.45) is 2.13. The maximum atomic E-state index is 12.2. The van der Waals surface area contributed by atoms with Crippen molar-refractivity contribution in [3.8, 4) is 0 Å². The van der Waals surface area contributed by atoms with E-state index in [1.807, 2.05) is 6.92 Å². The molecule has 1 atom stereocenters. The van der Waals surface area contributed by atoms with Crippen molar-refractivity contribution < 1.29 is 9.59 Å². The Morgan fingerprint density at radius 3 is 2.67 bits per heavy atom. The number of aromatic nitrogens is 2. The number of ketones is 1. The molecule has 1 fully saturated rings. The third-order valence-electron chi connectivity index (χ3n) is 4.02. The smallest absolute Gasteiger partial charge is 0.242 e. The molecule has 6 heteroatoms. The Hall–Kier alpha value is -1.69. The third-order valence-corrected chi connectivity index (χ3v) is 4.02. The summed E-state index contributed by atoms with van der Waals surface area (Å²) in [6.45, 7) is 7.31. The van der Waals surface area contributed by atoms with E-state index >= 15 is 0 Å². The monoisotopic (exact) mass is 292 g/mol. The van der Waals surface area contributed by atoms with Gasteiger partial charge < -0.3 is 10.2 Å². The Labute approximate surface area is 125 Å². The number of rotatable bonds is 4. The van der Waals surface area contributed by atoms with Crippen LogP contribution < -0.4 is 5.32 Å². The van der Waals surface area contributed by atoms with Crippen molar-refractivity contribution in [3.63, 3.8) is 0 Å². The van der Waals surface area contributed by atoms with E-state index in [1.54, 1.807) is 11.6 Å². The first kappa shape index (κ1) is 15.7. The molecule has 2 heterocycles. The molecule has 116 valence electrons. The van der Waals surface area contributed by atoms with E-state index in [0.29, 0.717) is 11.3 Å². The number of carbonyl (C=O) groups excluding carboxylic acids is 2. The molecular weight excluding hydrogens is 268 g/mol. The highest BCUT2D eigenvalue weighted by atomic mass is 16.2. The van der Waals surface area contributed by atoms with Gasteiger partial charge in [0.15, 0.2) is 5.78 Å². The zero-order chi connectivity index (χ0) is 15.6. The lowest BCUT2D eigenvalue weighted by atomic mass is 10.1. The van der Waals surface area contributed by atoms with E-state index < -0.39 is 0 Å². The maximum Gasteiger partial charge on any atom is 0.242 e. The molecule has 1 N–H and O–H groups in total. The lowest BCUT2D eigenvalue weighted by molar-refractivity contribution is -0.122. The number of Topliss-reactive ketones (excluding diaryl/α,β-unsaturated/α-hetero) is 1. The molecule has 1 unspecified atom stereocenters. The van der Waals surface area contributed by atoms with Gasteiger partial charge in [-0.15, -0.1) is 0 Å². The summed E-state index contributed by atoms with van der Waals surface area (Å²) in [6, 6.07) is 0.209. The van der Waals surface area contributed by atoms with Crippen LogP contribution in [-0.4, -0.2) is 52.5 Å². The molecule has 0 radical (unpaired) electrons. The zero-order valence-electron chi connectivity index (χ0n) is 13.3. The highest BCUT2D eigenvalue weighted by Gasteiger charge is 2.21. The number of piperidine rings is 1. The van der Waals surface area contributed by atoms with E-state index in [1.165, 1.54) is 6.92 Å². The molecule has 1 aromatic heterocycles. The Morgan fingerprint density at radius 2 is 2.10 bits per heavy atom. The molecular formula is C15H24N4O2. The van der Waals surface area contributed by atoms with E-state index in [9.17, 15) is 9.59 Å². The lowest BCUT2D eigenvalue weighted by Crippen LogP contribution is -2.47. The predicted octanol–water partition coefficient (Wildman–Crippen LogP) is 0.913. The molecule has 1 amide bonds. The standard InChI is InChI=1S/C15H24N4O2/c1-10-15(12(3)20)11(2)19(17-10)9-14(21)16-13-6-5-7-18(4)8-13/h13H,5-9H2,1-4H3,(H,16,21). The van der Waals surface area contributed by atoms with E-state index in [4.69, 9.17) is 0 Å². The number of nitrogens with zero attached hydrogens (tertiary/aromatic N) is 3. The van der Waals surface area contributed by atoms with Crippen LogP contribution in [0.2, 0.25) is 0 Å². The van der Waals surface area contributed by atoms with Gasteiger partial charge in [0.05, 0.1) is 11.3 Å². The molecule has 0 saturated carbocycles. The zero-order valence-corrected chi connectivity index (χ0v) is 13.3. The highest BCUT2D eigenvalue weighted by molar-refractivity contribution is 5.96. The number of aryl methyl sites for hydroxylation is 1. The van der Waals surface area contributed by atoms with Crippen LogP contribution in [0.5, 0.6) is 0 Å². The van der Waals surface area contributed by atoms with Crippen molar-refractivity contribution >= 4 is 11.7 Å². The Bertz CT molecular complexity index is 550. The fraction of sp³-hybridized carbons (Fsp3) is 0.667. The van der Waals surface area contributed by atoms with Crippen LogP contribution in [0.15, 0.2) is 0 Å². The maximum absolute atomic E-state index is 12.2. The van der Waals surface area contributed by atoms with Crippen molar-refractivity contribution in [1.29, 1.82) is 0 Å². The largest absolute Gasteiger partial charge is 0.350 e. The van der Waals surface area contributed by atoms with Gasteiger partial charge >= 0.3 is 0 Å². The molecule has 2 rings (SSSR count). The molecule has 21 heavy (non-hydrogen) atoms. The van der Waals surface area contributed by atoms with Gasteiger partial charge in [-0.05, 0) is 47.2 Å². The second-order valence-corrected chi connectivity index (χ2v) is 5.93. The fourth-order valence-electron chi connectivity index (χ4n) is 3.05. The minimum atomic E-state index is -0.0454. The lowest BCUT2D eigenvalue weighted by Gasteiger charge is -2.30. The van der Waals surface area contributed by atoms with Gasteiger partial charge in [-0.3, -0.25) is 14.3 Å². The minimum Gasteiger partial charge on any atom is -0.350 e. The minimum absolute atomic E-state index is 0.00874. The van der Waals surface area contributed by atoms with Crippen molar-refractivity contribution in [1.82, 2.24) is 20.0 Å². The van der Waals surface area contributed by atoms with E-state index in [0.717, 1.165) is 31.6 Å². The Balaban J connectivity index is 2.00. The van der Waals surface area contributed by atoms with Gasteiger partial charge in [0.2, 0.25) is 5.91 Å². The Morgan fingerprint density at radius 1 is 1.38 bits per heavy atom. The molecule has 1 aliphatic heterocycles. The summed E-state index contributed by atoms with van der Waals surface area (Å²) in [4.78, 5) is 26.0. The van der Waals surface area contributed by atoms with Gasteiger partial charge in [0.1, 0.15) is 6.54 Å². The van der Waals surface area contributed by atoms with Crippen LogP contribution in [0.3, 0.4) is 0 Å². The number of carbonyl (C=O) groups is 2. The average Bonchev–Trinajstić information content (AvgIpc) is 2.64. The van der Waals surface area contributed by atoms with Gasteiger partial charge in [0.25, 0.3) is 0 Å². The van der Waals surface area contributed by atoms with Crippen LogP contribution in [0.1, 0.15) is 41.5 Å². The third kappa shape index (κ3) is 3.69. The van der Waals surface area contributed by atoms with Gasteiger partial charge in [-0.1, -0.05) is 0 Å². The number of hydrogen-bond acceptors (Lipinski definition) is 4. The number of hydrogen-bond donors (Lipinski definition) is 1. The molecule has 1 aliphatic rings. The topological polar surface area (TPSA) is 67.2 Å². The molecule has 6 nitrogen and oxygen atoms in total. The van der Waals surface area contributed by atoms with Crippen LogP contribution in [0, 0.1) is 13.8 Å². The summed E-state index contributed by atoms with van der Waals surface area (Å²) < 4.78 is 1.62. The molecule has 0 aliphatic carbocycles. The molecule has 0 bridgehead atoms. The number of nitrogens with one attached hydrogen (secondary N) is 1. The Kier molecular flexibility index (Phi) is 4.77. The molecule has 1 saturated heterocycles. The van der Waals surface area contributed by atoms with Crippen LogP contribution in [0.25, 0.3) is 0 Å². The van der Waals surface area contributed by atoms with Gasteiger partial charge in [0, 0.05) is 18.3 Å². The summed E-state index contributed by atoms with van der Waals surface area (Å²) >= 11 is 0. The first-order chi connectivity index (χ1) is 9.88. The summed E-state index contributed by atoms with van der Waals surface area (Å²) in [5.41, 5.74) is 2.07. The summed E-state index contributed by atoms with van der Waals surface area (Å²) in [5.74, 6) is -0.0541. The number of amides is 1. The second-order valence-electron chi connectivity index (χ2n) is 5.93. The number of likely N-dealkylation sites (tertiary alicyclic amines) is 1. The average molecular weight is 292 g/mol. The van der Waals surface area contributed by atoms with Crippen molar-refractivity contribution in [3.05, 3.63) is 17.0 Å². The normalized spacial score (nSPS) is 19.5. The molecule has 0 spiro atoms. The second kappa shape index (κ2) is 6.39. The molecule has 1 aromatic rings. The summed E-state index contributed by atoms with van der Waals surface area (Å²) in [5, 5.41) is 7.36. The van der Waals surface area contributed by atoms with Gasteiger partial charge in [-0.2, -0.15) is 5.10 Å². The first-order valence-corrected chi connectivity index (χ1v) is 7.41. The van der Waals surface area contributed by atoms with Crippen molar-refractivity contribution in [2.75, 3.05) is 20.1 Å². The first-order valence-electron chi connectivity index (χ1n) is 7.41. The van der Waals surface area contributed by atoms with Gasteiger partial charge in [-0.25, -0.2) is 0 Å². The molecule has 0 aromatic carbocycles. The summed E-state index contributed by atoms with van der Waals surface area (Å²) in [7, 11) is 2.07. The van der Waals surface area contributed by atoms with Crippen LogP contribution >= 0.6 is 0 Å². The van der Waals surface area contributed by atoms with Crippen molar-refractivity contribution in [2.24, 2.45) is 0 Å². The van der Waals surface area contributed by atoms with E-state index in [-0.39, 0.29) is 24.3 Å². The van der Waals surface area contributed by atoms with Crippen molar-refractivity contribution in [2.45, 2.75) is 46.2 Å². The predicted molar refractivity (Wildman–Crippen MR) is 80.4 cm³/mol. The highest BCUT2D eigenvalue weighted by Crippen LogP contribution is 2.14. The van der Waals surface area contributed by atoms with Crippen LogP contribution in [-0.2, 0) is 11.3 Å².